The van der Waals surface area contributed by atoms with Crippen LogP contribution in [0.5, 0.6) is 5.75 Å². The van der Waals surface area contributed by atoms with E-state index in [1.807, 2.05) is 4.90 Å². The number of nitrogens with zero attached hydrogens (tertiary/aromatic N) is 2. The molecule has 0 aliphatic carbocycles. The van der Waals surface area contributed by atoms with Crippen LogP contribution in [0.15, 0.2) is 60.8 Å². The summed E-state index contributed by atoms with van der Waals surface area (Å²) in [4.78, 5) is 19.0. The minimum absolute atomic E-state index is 0.173. The first kappa shape index (κ1) is 23.7. The highest BCUT2D eigenvalue weighted by Gasteiger charge is 2.27. The smallest absolute Gasteiger partial charge is 0.420 e. The second-order valence-corrected chi connectivity index (χ2v) is 8.05. The summed E-state index contributed by atoms with van der Waals surface area (Å²) in [7, 11) is 0. The molecule has 1 saturated heterocycles. The summed E-state index contributed by atoms with van der Waals surface area (Å²) in [5, 5.41) is 15.5. The number of nitrogens with one attached hydrogen (secondary N) is 2. The average Bonchev–Trinajstić information content (AvgIpc) is 3.21. The lowest BCUT2D eigenvalue weighted by molar-refractivity contribution is -0.0964. The van der Waals surface area contributed by atoms with E-state index in [2.05, 4.69) is 20.4 Å². The molecule has 4 rings (SSSR count). The fourth-order valence-corrected chi connectivity index (χ4v) is 3.60. The van der Waals surface area contributed by atoms with Crippen LogP contribution >= 0.6 is 11.6 Å². The van der Waals surface area contributed by atoms with Crippen LogP contribution in [0.1, 0.15) is 16.8 Å². The summed E-state index contributed by atoms with van der Waals surface area (Å²) in [6.07, 6.45) is 1.43. The van der Waals surface area contributed by atoms with Gasteiger partial charge >= 0.3 is 5.57 Å². The second kappa shape index (κ2) is 9.78. The minimum atomic E-state index is -3.84. The average molecular weight is 493 g/mol. The largest absolute Gasteiger partial charge is 0.487 e. The van der Waals surface area contributed by atoms with Gasteiger partial charge in [0.1, 0.15) is 11.6 Å². The maximum Gasteiger partial charge on any atom is 0.487 e. The Morgan fingerprint density at radius 2 is 1.91 bits per heavy atom. The van der Waals surface area contributed by atoms with Crippen molar-refractivity contribution in [3.63, 3.8) is 0 Å². The van der Waals surface area contributed by atoms with Gasteiger partial charge in [-0.05, 0) is 48.9 Å². The van der Waals surface area contributed by atoms with Gasteiger partial charge in [-0.15, -0.1) is 8.78 Å². The molecule has 0 bridgehead atoms. The van der Waals surface area contributed by atoms with Crippen LogP contribution in [0, 0.1) is 5.82 Å². The van der Waals surface area contributed by atoms with Gasteiger partial charge in [-0.1, -0.05) is 12.1 Å². The number of β-amino-alcohol motifs (C(OH)–C–C–N with tert-alkyl or cyclic N) is 1. The molecule has 2 heterocycles. The normalized spacial score (nSPS) is 15.8. The van der Waals surface area contributed by atoms with Crippen LogP contribution in [0.3, 0.4) is 0 Å². The van der Waals surface area contributed by atoms with Crippen molar-refractivity contribution in [2.24, 2.45) is 0 Å². The molecular formula is C23H20ClF3N4O3. The van der Waals surface area contributed by atoms with Gasteiger partial charge < -0.3 is 25.4 Å². The van der Waals surface area contributed by atoms with Gasteiger partial charge in [0.2, 0.25) is 0 Å². The minimum Gasteiger partial charge on any atom is -0.420 e. The summed E-state index contributed by atoms with van der Waals surface area (Å²) in [6.45, 7) is 0.918. The van der Waals surface area contributed by atoms with Gasteiger partial charge in [0, 0.05) is 36.6 Å². The molecule has 11 heteroatoms. The third kappa shape index (κ3) is 5.89. The number of para-hydroxylation sites is 1. The molecule has 1 aliphatic rings. The van der Waals surface area contributed by atoms with E-state index < -0.39 is 23.4 Å². The number of halogens is 4. The number of amides is 1. The number of carbonyl (C=O) groups is 1. The Morgan fingerprint density at radius 1 is 1.18 bits per heavy atom. The Morgan fingerprint density at radius 3 is 2.56 bits per heavy atom. The quantitative estimate of drug-likeness (QED) is 0.404. The highest BCUT2D eigenvalue weighted by atomic mass is 35.5. The Hall–Kier alpha value is -3.50. The number of anilines is 4. The van der Waals surface area contributed by atoms with Gasteiger partial charge in [0.05, 0.1) is 23.0 Å². The topological polar surface area (TPSA) is 86.7 Å². The molecule has 1 fully saturated rings. The second-order valence-electron chi connectivity index (χ2n) is 7.61. The molecule has 1 aromatic heterocycles. The number of pyridine rings is 1. The molecule has 3 N–H and O–H groups in total. The molecule has 1 unspecified atom stereocenters. The van der Waals surface area contributed by atoms with Gasteiger partial charge in [0.15, 0.2) is 5.82 Å². The lowest BCUT2D eigenvalue weighted by atomic mass is 10.2. The first-order valence-electron chi connectivity index (χ1n) is 10.3. The SMILES string of the molecule is O=C(Nc1ccc(OC(F)(F)Cl)cc1)c1cnc(N2CCC(O)C2)c(Nc2ccccc2F)c1. The third-order valence-electron chi connectivity index (χ3n) is 5.08. The van der Waals surface area contributed by atoms with Crippen LogP contribution in [-0.4, -0.2) is 40.8 Å². The van der Waals surface area contributed by atoms with Crippen molar-refractivity contribution in [1.82, 2.24) is 4.98 Å². The number of aliphatic hydroxyl groups is 1. The number of aromatic nitrogens is 1. The molecule has 2 aromatic carbocycles. The molecule has 178 valence electrons. The van der Waals surface area contributed by atoms with E-state index >= 15 is 0 Å². The monoisotopic (exact) mass is 492 g/mol. The molecule has 7 nitrogen and oxygen atoms in total. The van der Waals surface area contributed by atoms with E-state index in [0.717, 1.165) is 0 Å². The Labute approximate surface area is 198 Å². The number of carbonyl (C=O) groups excluding carboxylic acids is 1. The van der Waals surface area contributed by atoms with Crippen LogP contribution in [0.4, 0.5) is 36.1 Å². The van der Waals surface area contributed by atoms with Crippen LogP contribution < -0.4 is 20.3 Å². The fourth-order valence-electron chi connectivity index (χ4n) is 3.51. The van der Waals surface area contributed by atoms with E-state index in [-0.39, 0.29) is 17.0 Å². The van der Waals surface area contributed by atoms with Crippen molar-refractivity contribution < 1.29 is 27.8 Å². The Balaban J connectivity index is 1.56. The molecule has 0 spiro atoms. The maximum absolute atomic E-state index is 14.2. The van der Waals surface area contributed by atoms with E-state index in [4.69, 9.17) is 11.6 Å². The van der Waals surface area contributed by atoms with Crippen molar-refractivity contribution >= 4 is 40.4 Å². The first-order chi connectivity index (χ1) is 16.2. The number of alkyl halides is 3. The van der Waals surface area contributed by atoms with Crippen molar-refractivity contribution in [2.75, 3.05) is 28.6 Å². The van der Waals surface area contributed by atoms with Crippen LogP contribution in [0.2, 0.25) is 0 Å². The predicted octanol–water partition coefficient (Wildman–Crippen LogP) is 4.96. The zero-order chi connectivity index (χ0) is 24.3. The maximum atomic E-state index is 14.2. The van der Waals surface area contributed by atoms with Crippen molar-refractivity contribution in [3.8, 4) is 5.75 Å². The molecule has 1 atom stereocenters. The lowest BCUT2D eigenvalue weighted by Gasteiger charge is -2.21. The fraction of sp³-hybridized carbons (Fsp3) is 0.217. The highest BCUT2D eigenvalue weighted by Crippen LogP contribution is 2.31. The third-order valence-corrected chi connectivity index (χ3v) is 5.16. The molecule has 3 aromatic rings. The van der Waals surface area contributed by atoms with Gasteiger partial charge in [0.25, 0.3) is 5.91 Å². The zero-order valence-electron chi connectivity index (χ0n) is 17.6. The summed E-state index contributed by atoms with van der Waals surface area (Å²) in [5.41, 5.74) is -2.75. The number of rotatable bonds is 7. The van der Waals surface area contributed by atoms with Gasteiger partial charge in [-0.3, -0.25) is 4.79 Å². The van der Waals surface area contributed by atoms with E-state index in [9.17, 15) is 23.1 Å². The van der Waals surface area contributed by atoms with Crippen molar-refractivity contribution in [3.05, 3.63) is 72.2 Å². The number of hydrogen-bond acceptors (Lipinski definition) is 6. The lowest BCUT2D eigenvalue weighted by Crippen LogP contribution is -2.24. The van der Waals surface area contributed by atoms with E-state index in [1.54, 1.807) is 18.2 Å². The van der Waals surface area contributed by atoms with Crippen LogP contribution in [-0.2, 0) is 0 Å². The number of ether oxygens (including phenoxy) is 1. The number of hydrogen-bond donors (Lipinski definition) is 3. The summed E-state index contributed by atoms with van der Waals surface area (Å²) in [5.74, 6) is -0.698. The van der Waals surface area contributed by atoms with Crippen molar-refractivity contribution in [1.29, 1.82) is 0 Å². The van der Waals surface area contributed by atoms with Crippen LogP contribution in [0.25, 0.3) is 0 Å². The Bertz CT molecular complexity index is 1170. The zero-order valence-corrected chi connectivity index (χ0v) is 18.4. The van der Waals surface area contributed by atoms with Gasteiger partial charge in [-0.2, -0.15) is 0 Å². The predicted molar refractivity (Wildman–Crippen MR) is 123 cm³/mol. The standard InChI is InChI=1S/C23H20ClF3N4O3/c24-23(26,27)34-17-7-5-15(6-8-17)29-22(33)14-11-20(30-19-4-2-1-3-18(19)25)21(28-12-14)31-10-9-16(32)13-31/h1-8,11-12,16,30,32H,9-10,13H2,(H,29,33). The molecule has 34 heavy (non-hydrogen) atoms. The molecule has 0 radical (unpaired) electrons. The number of aliphatic hydroxyl groups excluding tert-OH is 1. The van der Waals surface area contributed by atoms with Crippen molar-refractivity contribution in [2.45, 2.75) is 18.1 Å². The molecule has 1 amide bonds. The van der Waals surface area contributed by atoms with E-state index in [0.29, 0.717) is 36.7 Å². The number of benzene rings is 2. The molecule has 1 aliphatic heterocycles. The Kier molecular flexibility index (Phi) is 6.80. The summed E-state index contributed by atoms with van der Waals surface area (Å²) >= 11 is 4.74. The van der Waals surface area contributed by atoms with E-state index in [1.165, 1.54) is 42.6 Å². The van der Waals surface area contributed by atoms with Gasteiger partial charge in [-0.25, -0.2) is 9.37 Å². The molecule has 0 saturated carbocycles. The summed E-state index contributed by atoms with van der Waals surface area (Å²) < 4.78 is 44.0. The summed E-state index contributed by atoms with van der Waals surface area (Å²) in [6, 6.07) is 12.8. The highest BCUT2D eigenvalue weighted by molar-refractivity contribution is 6.20. The first-order valence-corrected chi connectivity index (χ1v) is 10.7. The molecular weight excluding hydrogens is 473 g/mol.